The Hall–Kier alpha value is -3.55. The van der Waals surface area contributed by atoms with E-state index < -0.39 is 23.2 Å². The summed E-state index contributed by atoms with van der Waals surface area (Å²) in [6.07, 6.45) is 2.41. The van der Waals surface area contributed by atoms with Crippen molar-refractivity contribution < 1.29 is 19.1 Å². The number of benzene rings is 1. The highest BCUT2D eigenvalue weighted by molar-refractivity contribution is 6.08. The Morgan fingerprint density at radius 2 is 1.83 bits per heavy atom. The predicted octanol–water partition coefficient (Wildman–Crippen LogP) is 1.84. The molecule has 0 aliphatic heterocycles. The van der Waals surface area contributed by atoms with Crippen LogP contribution in [-0.2, 0) is 0 Å². The molecule has 0 aliphatic carbocycles. The molecule has 2 heterocycles. The van der Waals surface area contributed by atoms with Gasteiger partial charge in [-0.1, -0.05) is 0 Å². The minimum atomic E-state index is -1.35. The largest absolute Gasteiger partial charge is 0.476 e. The van der Waals surface area contributed by atoms with Crippen LogP contribution in [0.15, 0.2) is 45.9 Å². The predicted molar refractivity (Wildman–Crippen MR) is 84.2 cm³/mol. The lowest BCUT2D eigenvalue weighted by molar-refractivity contribution is 0.0685. The van der Waals surface area contributed by atoms with E-state index in [0.717, 1.165) is 10.9 Å². The number of anilines is 1. The van der Waals surface area contributed by atoms with Crippen LogP contribution in [0.2, 0.25) is 0 Å². The van der Waals surface area contributed by atoms with Gasteiger partial charge in [0.1, 0.15) is 5.58 Å². The van der Waals surface area contributed by atoms with Crippen LogP contribution in [0.3, 0.4) is 0 Å². The number of nitrogens with zero attached hydrogens (tertiary/aromatic N) is 2. The fourth-order valence-electron chi connectivity index (χ4n) is 2.25. The number of hydrogen-bond acceptors (Lipinski definition) is 6. The first kappa shape index (κ1) is 15.3. The highest BCUT2D eigenvalue weighted by Gasteiger charge is 2.19. The number of nitrogens with one attached hydrogen (secondary N) is 1. The normalized spacial score (nSPS) is 10.5. The molecule has 8 nitrogen and oxygen atoms in total. The summed E-state index contributed by atoms with van der Waals surface area (Å²) in [5, 5.41) is 12.3. The van der Waals surface area contributed by atoms with Crippen LogP contribution in [0.4, 0.5) is 5.69 Å². The zero-order chi connectivity index (χ0) is 17.3. The molecule has 2 aromatic heterocycles. The van der Waals surface area contributed by atoms with Gasteiger partial charge >= 0.3 is 11.6 Å². The van der Waals surface area contributed by atoms with Crippen molar-refractivity contribution in [2.45, 2.75) is 6.92 Å². The Labute approximate surface area is 134 Å². The molecule has 3 aromatic rings. The zero-order valence-electron chi connectivity index (χ0n) is 12.4. The average Bonchev–Trinajstić information content (AvgIpc) is 2.54. The highest BCUT2D eigenvalue weighted by Crippen LogP contribution is 2.21. The van der Waals surface area contributed by atoms with Gasteiger partial charge in [-0.25, -0.2) is 19.6 Å². The summed E-state index contributed by atoms with van der Waals surface area (Å²) in [6, 6.07) is 6.17. The first-order valence-corrected chi connectivity index (χ1v) is 6.86. The third-order valence-electron chi connectivity index (χ3n) is 3.33. The maximum Gasteiger partial charge on any atom is 0.356 e. The van der Waals surface area contributed by atoms with Crippen LogP contribution in [0, 0.1) is 6.92 Å². The van der Waals surface area contributed by atoms with E-state index in [9.17, 15) is 14.4 Å². The Kier molecular flexibility index (Phi) is 3.78. The molecule has 0 fully saturated rings. The smallest absolute Gasteiger partial charge is 0.356 e. The topological polar surface area (TPSA) is 122 Å². The zero-order valence-corrected chi connectivity index (χ0v) is 12.4. The standard InChI is InChI=1S/C16H11N3O5/c1-8-6-12(20)24-11-7-9(2-3-10(8)11)19-15(21)13-14(16(22)23)18-5-4-17-13/h2-7H,1H3,(H,19,21)(H,22,23). The van der Waals surface area contributed by atoms with Gasteiger partial charge in [-0.2, -0.15) is 0 Å². The molecule has 0 unspecified atom stereocenters. The second-order valence-electron chi connectivity index (χ2n) is 4.97. The number of carbonyl (C=O) groups is 2. The van der Waals surface area contributed by atoms with Gasteiger partial charge in [0, 0.05) is 35.6 Å². The van der Waals surface area contributed by atoms with E-state index in [2.05, 4.69) is 15.3 Å². The van der Waals surface area contributed by atoms with Gasteiger partial charge in [-0.15, -0.1) is 0 Å². The summed E-state index contributed by atoms with van der Waals surface area (Å²) in [7, 11) is 0. The number of fused-ring (bicyclic) bond motifs is 1. The third kappa shape index (κ3) is 2.84. The maximum absolute atomic E-state index is 12.2. The van der Waals surface area contributed by atoms with Gasteiger partial charge in [-0.3, -0.25) is 4.79 Å². The second-order valence-corrected chi connectivity index (χ2v) is 4.97. The van der Waals surface area contributed by atoms with Crippen LogP contribution in [0.5, 0.6) is 0 Å². The molecule has 0 bridgehead atoms. The number of amides is 1. The fraction of sp³-hybridized carbons (Fsp3) is 0.0625. The number of hydrogen-bond donors (Lipinski definition) is 2. The highest BCUT2D eigenvalue weighted by atomic mass is 16.4. The summed E-state index contributed by atoms with van der Waals surface area (Å²) in [5.41, 5.74) is 0.152. The number of aryl methyl sites for hydroxylation is 1. The van der Waals surface area contributed by atoms with Crippen molar-refractivity contribution in [3.05, 3.63) is 64.0 Å². The Morgan fingerprint density at radius 1 is 1.12 bits per heavy atom. The summed E-state index contributed by atoms with van der Waals surface area (Å²) in [4.78, 5) is 42.2. The molecule has 24 heavy (non-hydrogen) atoms. The van der Waals surface area contributed by atoms with Crippen molar-refractivity contribution in [3.63, 3.8) is 0 Å². The molecule has 0 aliphatic rings. The summed E-state index contributed by atoms with van der Waals surface area (Å²) in [5.74, 6) is -2.08. The molecule has 0 atom stereocenters. The minimum Gasteiger partial charge on any atom is -0.476 e. The van der Waals surface area contributed by atoms with Crippen molar-refractivity contribution in [2.75, 3.05) is 5.32 Å². The van der Waals surface area contributed by atoms with Crippen molar-refractivity contribution in [2.24, 2.45) is 0 Å². The molecule has 3 rings (SSSR count). The molecule has 1 amide bonds. The van der Waals surface area contributed by atoms with Crippen molar-refractivity contribution in [1.82, 2.24) is 9.97 Å². The van der Waals surface area contributed by atoms with E-state index in [4.69, 9.17) is 9.52 Å². The molecular formula is C16H11N3O5. The van der Waals surface area contributed by atoms with Crippen LogP contribution in [-0.4, -0.2) is 27.0 Å². The quantitative estimate of drug-likeness (QED) is 0.704. The molecule has 1 aromatic carbocycles. The van der Waals surface area contributed by atoms with Crippen LogP contribution in [0.1, 0.15) is 26.5 Å². The number of carboxylic acid groups (broad SMARTS) is 1. The molecule has 0 radical (unpaired) electrons. The van der Waals surface area contributed by atoms with Gasteiger partial charge in [0.2, 0.25) is 0 Å². The fourth-order valence-corrected chi connectivity index (χ4v) is 2.25. The van der Waals surface area contributed by atoms with Gasteiger partial charge in [-0.05, 0) is 24.6 Å². The van der Waals surface area contributed by atoms with Crippen LogP contribution < -0.4 is 10.9 Å². The molecule has 0 saturated carbocycles. The van der Waals surface area contributed by atoms with Gasteiger partial charge in [0.05, 0.1) is 0 Å². The van der Waals surface area contributed by atoms with Gasteiger partial charge in [0.25, 0.3) is 5.91 Å². The summed E-state index contributed by atoms with van der Waals surface area (Å²) in [6.45, 7) is 1.77. The minimum absolute atomic E-state index is 0.309. The van der Waals surface area contributed by atoms with Crippen molar-refractivity contribution >= 4 is 28.5 Å². The van der Waals surface area contributed by atoms with Crippen LogP contribution in [0.25, 0.3) is 11.0 Å². The Morgan fingerprint density at radius 3 is 2.54 bits per heavy atom. The molecule has 0 spiro atoms. The number of carboxylic acids is 1. The first-order chi connectivity index (χ1) is 11.5. The second kappa shape index (κ2) is 5.92. The molecule has 8 heteroatoms. The van der Waals surface area contributed by atoms with Crippen molar-refractivity contribution in [3.8, 4) is 0 Å². The molecule has 120 valence electrons. The van der Waals surface area contributed by atoms with E-state index in [1.165, 1.54) is 24.5 Å². The maximum atomic E-state index is 12.2. The SMILES string of the molecule is Cc1cc(=O)oc2cc(NC(=O)c3nccnc3C(=O)O)ccc12. The van der Waals surface area contributed by atoms with Gasteiger partial charge < -0.3 is 14.8 Å². The number of aromatic nitrogens is 2. The van der Waals surface area contributed by atoms with E-state index in [1.807, 2.05) is 0 Å². The monoisotopic (exact) mass is 325 g/mol. The van der Waals surface area contributed by atoms with E-state index >= 15 is 0 Å². The lowest BCUT2D eigenvalue weighted by Crippen LogP contribution is -2.19. The molecule has 0 saturated heterocycles. The lowest BCUT2D eigenvalue weighted by Gasteiger charge is -2.07. The van der Waals surface area contributed by atoms with Gasteiger partial charge in [0.15, 0.2) is 11.4 Å². The first-order valence-electron chi connectivity index (χ1n) is 6.86. The van der Waals surface area contributed by atoms with E-state index in [-0.39, 0.29) is 5.69 Å². The van der Waals surface area contributed by atoms with Crippen LogP contribution >= 0.6 is 0 Å². The number of carbonyl (C=O) groups excluding carboxylic acids is 1. The molecule has 2 N–H and O–H groups in total. The average molecular weight is 325 g/mol. The third-order valence-corrected chi connectivity index (χ3v) is 3.33. The number of rotatable bonds is 3. The summed E-state index contributed by atoms with van der Waals surface area (Å²) < 4.78 is 5.10. The summed E-state index contributed by atoms with van der Waals surface area (Å²) >= 11 is 0. The number of aromatic carboxylic acids is 1. The van der Waals surface area contributed by atoms with Crippen molar-refractivity contribution in [1.29, 1.82) is 0 Å². The Balaban J connectivity index is 1.97. The van der Waals surface area contributed by atoms with E-state index in [1.54, 1.807) is 19.1 Å². The Bertz CT molecular complexity index is 1030. The van der Waals surface area contributed by atoms with E-state index in [0.29, 0.717) is 11.3 Å². The molecular weight excluding hydrogens is 314 g/mol. The lowest BCUT2D eigenvalue weighted by atomic mass is 10.1.